The lowest BCUT2D eigenvalue weighted by Gasteiger charge is -2.10. The minimum Gasteiger partial charge on any atom is -0.350 e. The molecule has 4 rings (SSSR count). The number of aryl methyl sites for hydroxylation is 1. The maximum atomic E-state index is 12.3. The Kier molecular flexibility index (Phi) is 3.13. The summed E-state index contributed by atoms with van der Waals surface area (Å²) in [5.41, 5.74) is 5.29. The maximum absolute atomic E-state index is 12.3. The largest absolute Gasteiger partial charge is 0.350 e. The Balaban J connectivity index is 1.94. The molecule has 6 nitrogen and oxygen atoms in total. The molecule has 0 aliphatic heterocycles. The molecule has 0 spiro atoms. The number of carbonyl (C=O) groups excluding carboxylic acids is 1. The van der Waals surface area contributed by atoms with E-state index in [9.17, 15) is 4.79 Å². The van der Waals surface area contributed by atoms with Crippen LogP contribution in [0, 0.1) is 0 Å². The number of nitrogens with one attached hydrogen (secondary N) is 1. The lowest BCUT2D eigenvalue weighted by Crippen LogP contribution is -2.21. The fraction of sp³-hybridized carbons (Fsp3) is 0.167. The summed E-state index contributed by atoms with van der Waals surface area (Å²) < 4.78 is 2.06. The van der Waals surface area contributed by atoms with Crippen LogP contribution >= 0.6 is 0 Å². The van der Waals surface area contributed by atoms with Gasteiger partial charge in [0.2, 0.25) is 0 Å². The molecule has 0 saturated heterocycles. The van der Waals surface area contributed by atoms with Crippen LogP contribution in [0.5, 0.6) is 0 Å². The summed E-state index contributed by atoms with van der Waals surface area (Å²) >= 11 is 0. The van der Waals surface area contributed by atoms with E-state index < -0.39 is 0 Å². The predicted molar refractivity (Wildman–Crippen MR) is 93.8 cm³/mol. The summed E-state index contributed by atoms with van der Waals surface area (Å²) in [5.74, 6) is -0.00770. The van der Waals surface area contributed by atoms with Crippen LogP contribution in [0.15, 0.2) is 42.9 Å². The molecule has 0 atom stereocenters. The number of benzene rings is 1. The van der Waals surface area contributed by atoms with E-state index in [-0.39, 0.29) is 5.91 Å². The normalized spacial score (nSPS) is 11.3. The van der Waals surface area contributed by atoms with Gasteiger partial charge in [0.25, 0.3) is 5.91 Å². The van der Waals surface area contributed by atoms with Crippen LogP contribution in [-0.2, 0) is 7.05 Å². The second-order valence-electron chi connectivity index (χ2n) is 6.06. The molecule has 3 heterocycles. The van der Waals surface area contributed by atoms with E-state index in [0.29, 0.717) is 5.56 Å². The highest BCUT2D eigenvalue weighted by molar-refractivity contribution is 6.03. The topological polar surface area (TPSA) is 66.8 Å². The van der Waals surface area contributed by atoms with Crippen molar-refractivity contribution in [3.63, 3.8) is 0 Å². The van der Waals surface area contributed by atoms with Crippen molar-refractivity contribution in [2.45, 2.75) is 0 Å². The highest BCUT2D eigenvalue weighted by Crippen LogP contribution is 2.31. The van der Waals surface area contributed by atoms with Crippen molar-refractivity contribution in [2.75, 3.05) is 14.1 Å². The summed E-state index contributed by atoms with van der Waals surface area (Å²) in [6.45, 7) is 0. The third-order valence-corrected chi connectivity index (χ3v) is 4.19. The third kappa shape index (κ3) is 2.15. The number of fused-ring (bicyclic) bond motifs is 2. The van der Waals surface area contributed by atoms with Gasteiger partial charge in [-0.15, -0.1) is 0 Å². The number of aromatic amines is 1. The summed E-state index contributed by atoms with van der Waals surface area (Å²) in [6.07, 6.45) is 5.40. The van der Waals surface area contributed by atoms with E-state index in [4.69, 9.17) is 0 Å². The molecule has 0 unspecified atom stereocenters. The van der Waals surface area contributed by atoms with Gasteiger partial charge in [-0.05, 0) is 24.3 Å². The summed E-state index contributed by atoms with van der Waals surface area (Å²) in [7, 11) is 5.51. The number of amides is 1. The average Bonchev–Trinajstić information content (AvgIpc) is 3.15. The first kappa shape index (κ1) is 14.4. The van der Waals surface area contributed by atoms with Gasteiger partial charge in [0, 0.05) is 61.8 Å². The van der Waals surface area contributed by atoms with Gasteiger partial charge in [0.1, 0.15) is 5.52 Å². The van der Waals surface area contributed by atoms with E-state index in [1.54, 1.807) is 31.4 Å². The molecule has 0 aliphatic rings. The molecule has 0 fully saturated rings. The maximum Gasteiger partial charge on any atom is 0.253 e. The minimum atomic E-state index is -0.00770. The Morgan fingerprint density at radius 3 is 2.71 bits per heavy atom. The standard InChI is InChI=1S/C18H17N5O/c1-22(2)18(24)11-4-5-16-12(8-11)13(10-23(16)3)14-9-15-17(21-14)20-7-6-19-15/h4-10H,1-3H3,(H,20,21). The van der Waals surface area contributed by atoms with Crippen molar-refractivity contribution in [1.82, 2.24) is 24.4 Å². The third-order valence-electron chi connectivity index (χ3n) is 4.19. The zero-order valence-electron chi connectivity index (χ0n) is 13.7. The van der Waals surface area contributed by atoms with Gasteiger partial charge >= 0.3 is 0 Å². The fourth-order valence-electron chi connectivity index (χ4n) is 2.99. The Morgan fingerprint density at radius 2 is 1.96 bits per heavy atom. The molecule has 1 aromatic carbocycles. The van der Waals surface area contributed by atoms with E-state index in [2.05, 4.69) is 25.7 Å². The summed E-state index contributed by atoms with van der Waals surface area (Å²) in [6, 6.07) is 7.77. The monoisotopic (exact) mass is 319 g/mol. The van der Waals surface area contributed by atoms with Crippen molar-refractivity contribution in [2.24, 2.45) is 7.05 Å². The molecule has 24 heavy (non-hydrogen) atoms. The average molecular weight is 319 g/mol. The number of H-pyrrole nitrogens is 1. The molecule has 0 radical (unpaired) electrons. The fourth-order valence-corrected chi connectivity index (χ4v) is 2.99. The van der Waals surface area contributed by atoms with Crippen LogP contribution in [0.25, 0.3) is 33.3 Å². The van der Waals surface area contributed by atoms with Gasteiger partial charge in [-0.2, -0.15) is 0 Å². The highest BCUT2D eigenvalue weighted by Gasteiger charge is 2.15. The zero-order chi connectivity index (χ0) is 16.8. The van der Waals surface area contributed by atoms with Crippen LogP contribution in [0.2, 0.25) is 0 Å². The number of rotatable bonds is 2. The van der Waals surface area contributed by atoms with E-state index in [1.807, 2.05) is 31.3 Å². The van der Waals surface area contributed by atoms with Crippen molar-refractivity contribution in [3.8, 4) is 11.3 Å². The van der Waals surface area contributed by atoms with Crippen molar-refractivity contribution in [1.29, 1.82) is 0 Å². The summed E-state index contributed by atoms with van der Waals surface area (Å²) in [5, 5.41) is 1.02. The first-order valence-electron chi connectivity index (χ1n) is 7.65. The minimum absolute atomic E-state index is 0.00770. The SMILES string of the molecule is CN(C)C(=O)c1ccc2c(c1)c(-c1cc3nccnc3[nH]1)cn2C. The van der Waals surface area contributed by atoms with Gasteiger partial charge in [-0.25, -0.2) is 4.98 Å². The predicted octanol–water partition coefficient (Wildman–Crippen LogP) is 2.82. The molecule has 6 heteroatoms. The second kappa shape index (κ2) is 5.19. The molecular formula is C18H17N5O. The number of nitrogens with zero attached hydrogens (tertiary/aromatic N) is 4. The first-order chi connectivity index (χ1) is 11.5. The van der Waals surface area contributed by atoms with Crippen LogP contribution < -0.4 is 0 Å². The molecule has 3 aromatic heterocycles. The van der Waals surface area contributed by atoms with Crippen LogP contribution in [0.4, 0.5) is 0 Å². The summed E-state index contributed by atoms with van der Waals surface area (Å²) in [4.78, 5) is 25.8. The number of carbonyl (C=O) groups is 1. The number of hydrogen-bond donors (Lipinski definition) is 1. The molecule has 0 bridgehead atoms. The number of hydrogen-bond acceptors (Lipinski definition) is 3. The highest BCUT2D eigenvalue weighted by atomic mass is 16.2. The molecular weight excluding hydrogens is 302 g/mol. The van der Waals surface area contributed by atoms with Crippen molar-refractivity contribution >= 4 is 28.0 Å². The van der Waals surface area contributed by atoms with Gasteiger partial charge in [0.05, 0.1) is 5.69 Å². The Hall–Kier alpha value is -3.15. The van der Waals surface area contributed by atoms with Crippen molar-refractivity contribution < 1.29 is 4.79 Å². The zero-order valence-corrected chi connectivity index (χ0v) is 13.7. The van der Waals surface area contributed by atoms with E-state index >= 15 is 0 Å². The molecule has 0 aliphatic carbocycles. The van der Waals surface area contributed by atoms with Crippen LogP contribution in [-0.4, -0.2) is 44.4 Å². The van der Waals surface area contributed by atoms with Gasteiger partial charge in [0.15, 0.2) is 5.65 Å². The first-order valence-corrected chi connectivity index (χ1v) is 7.65. The van der Waals surface area contributed by atoms with E-state index in [1.165, 1.54) is 0 Å². The Morgan fingerprint density at radius 1 is 1.17 bits per heavy atom. The van der Waals surface area contributed by atoms with Crippen LogP contribution in [0.1, 0.15) is 10.4 Å². The quantitative estimate of drug-likeness (QED) is 0.618. The van der Waals surface area contributed by atoms with Gasteiger partial charge in [-0.1, -0.05) is 0 Å². The van der Waals surface area contributed by atoms with E-state index in [0.717, 1.165) is 33.3 Å². The van der Waals surface area contributed by atoms with Gasteiger partial charge < -0.3 is 14.5 Å². The lowest BCUT2D eigenvalue weighted by molar-refractivity contribution is 0.0828. The number of aromatic nitrogens is 4. The smallest absolute Gasteiger partial charge is 0.253 e. The lowest BCUT2D eigenvalue weighted by atomic mass is 10.1. The Labute approximate surface area is 138 Å². The van der Waals surface area contributed by atoms with Crippen molar-refractivity contribution in [3.05, 3.63) is 48.4 Å². The Bertz CT molecular complexity index is 1040. The molecule has 4 aromatic rings. The molecule has 0 saturated carbocycles. The molecule has 120 valence electrons. The van der Waals surface area contributed by atoms with Crippen LogP contribution in [0.3, 0.4) is 0 Å². The molecule has 1 N–H and O–H groups in total. The molecule has 1 amide bonds. The second-order valence-corrected chi connectivity index (χ2v) is 6.06. The van der Waals surface area contributed by atoms with Gasteiger partial charge in [-0.3, -0.25) is 9.78 Å².